The minimum atomic E-state index is -4.64. The van der Waals surface area contributed by atoms with E-state index in [1.807, 2.05) is 30.3 Å². The minimum absolute atomic E-state index is 0.458. The van der Waals surface area contributed by atoms with Crippen LogP contribution in [0.2, 0.25) is 0 Å². The third kappa shape index (κ3) is 16.0. The van der Waals surface area contributed by atoms with E-state index in [0.717, 1.165) is 18.4 Å². The summed E-state index contributed by atoms with van der Waals surface area (Å²) in [7, 11) is -4.64. The van der Waals surface area contributed by atoms with Gasteiger partial charge in [0.05, 0.1) is 0 Å². The molecule has 0 radical (unpaired) electrons. The van der Waals surface area contributed by atoms with Gasteiger partial charge in [-0.15, -0.1) is 4.67 Å². The normalized spacial score (nSPS) is 12.9. The number of hydrogen-bond acceptors (Lipinski definition) is 3. The maximum Gasteiger partial charge on any atom is 0.496 e. The quantitative estimate of drug-likeness (QED) is 0.0925. The molecule has 0 aliphatic rings. The summed E-state index contributed by atoms with van der Waals surface area (Å²) in [6, 6.07) is 9.45. The average Bonchev–Trinajstić information content (AvgIpc) is 2.73. The van der Waals surface area contributed by atoms with Crippen LogP contribution in [0.25, 0.3) is 0 Å². The van der Waals surface area contributed by atoms with Gasteiger partial charge in [0.25, 0.3) is 0 Å². The van der Waals surface area contributed by atoms with E-state index in [-0.39, 0.29) is 0 Å². The first-order valence-electron chi connectivity index (χ1n) is 12.0. The molecule has 0 heterocycles. The van der Waals surface area contributed by atoms with E-state index in [1.54, 1.807) is 0 Å². The van der Waals surface area contributed by atoms with E-state index >= 15 is 0 Å². The zero-order chi connectivity index (χ0) is 21.9. The minimum Gasteiger partial charge on any atom is -0.301 e. The van der Waals surface area contributed by atoms with Crippen molar-refractivity contribution in [1.82, 2.24) is 0 Å². The first-order valence-corrected chi connectivity index (χ1v) is 13.5. The molecular weight excluding hydrogens is 399 g/mol. The van der Waals surface area contributed by atoms with Crippen LogP contribution in [-0.2, 0) is 14.1 Å². The van der Waals surface area contributed by atoms with Crippen molar-refractivity contribution in [3.05, 3.63) is 35.9 Å². The van der Waals surface area contributed by atoms with E-state index in [1.165, 1.54) is 83.5 Å². The van der Waals surface area contributed by atoms with Crippen molar-refractivity contribution in [3.63, 3.8) is 0 Å². The van der Waals surface area contributed by atoms with Gasteiger partial charge in [-0.25, -0.2) is 9.45 Å². The summed E-state index contributed by atoms with van der Waals surface area (Å²) in [6.45, 7) is 2.26. The summed E-state index contributed by atoms with van der Waals surface area (Å²) in [4.78, 5) is 22.8. The second-order valence-corrected chi connectivity index (χ2v) is 9.43. The van der Waals surface area contributed by atoms with Crippen molar-refractivity contribution < 1.29 is 23.9 Å². The fraction of sp³-hybridized carbons (Fsp3) is 0.750. The summed E-state index contributed by atoms with van der Waals surface area (Å²) < 4.78 is 15.2. The molecular formula is C24H43O5P. The maximum absolute atomic E-state index is 10.9. The van der Waals surface area contributed by atoms with Crippen molar-refractivity contribution in [2.24, 2.45) is 0 Å². The fourth-order valence-corrected chi connectivity index (χ4v) is 3.96. The largest absolute Gasteiger partial charge is 0.496 e. The molecule has 0 aliphatic carbocycles. The molecule has 0 aromatic heterocycles. The van der Waals surface area contributed by atoms with Crippen LogP contribution in [-0.4, -0.2) is 9.79 Å². The highest BCUT2D eigenvalue weighted by molar-refractivity contribution is 7.46. The van der Waals surface area contributed by atoms with Crippen molar-refractivity contribution >= 4 is 7.82 Å². The number of unbranched alkanes of at least 4 members (excludes halogenated alkanes) is 14. The lowest BCUT2D eigenvalue weighted by Gasteiger charge is -2.17. The first kappa shape index (κ1) is 27.3. The Morgan fingerprint density at radius 2 is 1.17 bits per heavy atom. The van der Waals surface area contributed by atoms with Gasteiger partial charge in [0, 0.05) is 0 Å². The monoisotopic (exact) mass is 442 g/mol. The summed E-state index contributed by atoms with van der Waals surface area (Å²) in [5, 5.41) is 0. The Bertz CT molecular complexity index is 546. The SMILES string of the molecule is CCCCCCCCCCCCCCCCCC(OOP(=O)(O)O)c1ccccc1. The molecule has 0 saturated heterocycles. The molecule has 1 atom stereocenters. The Kier molecular flexibility index (Phi) is 16.3. The van der Waals surface area contributed by atoms with Gasteiger partial charge in [0.1, 0.15) is 6.10 Å². The molecule has 5 nitrogen and oxygen atoms in total. The summed E-state index contributed by atoms with van der Waals surface area (Å²) in [5.74, 6) is 0. The van der Waals surface area contributed by atoms with Gasteiger partial charge in [-0.05, 0) is 12.0 Å². The van der Waals surface area contributed by atoms with Gasteiger partial charge >= 0.3 is 7.82 Å². The van der Waals surface area contributed by atoms with E-state index < -0.39 is 13.9 Å². The molecule has 0 amide bonds. The molecule has 1 rings (SSSR count). The van der Waals surface area contributed by atoms with Crippen LogP contribution < -0.4 is 0 Å². The highest BCUT2D eigenvalue weighted by Crippen LogP contribution is 2.39. The van der Waals surface area contributed by atoms with E-state index in [2.05, 4.69) is 11.6 Å². The van der Waals surface area contributed by atoms with Crippen molar-refractivity contribution in [1.29, 1.82) is 0 Å². The van der Waals surface area contributed by atoms with Crippen LogP contribution >= 0.6 is 7.82 Å². The van der Waals surface area contributed by atoms with Crippen LogP contribution in [0.3, 0.4) is 0 Å². The lowest BCUT2D eigenvalue weighted by atomic mass is 10.0. The Hall–Kier alpha value is -0.710. The Morgan fingerprint density at radius 3 is 1.60 bits per heavy atom. The molecule has 0 aliphatic heterocycles. The second-order valence-electron chi connectivity index (χ2n) is 8.30. The first-order chi connectivity index (χ1) is 14.5. The highest BCUT2D eigenvalue weighted by atomic mass is 31.2. The second kappa shape index (κ2) is 17.9. The number of hydrogen-bond donors (Lipinski definition) is 2. The fourth-order valence-electron chi connectivity index (χ4n) is 3.75. The van der Waals surface area contributed by atoms with Gasteiger partial charge in [-0.3, -0.25) is 0 Å². The van der Waals surface area contributed by atoms with Gasteiger partial charge in [-0.2, -0.15) is 0 Å². The smallest absolute Gasteiger partial charge is 0.301 e. The standard InChI is InChI=1S/C24H43O5P/c1-2-3-4-5-6-7-8-9-10-11-12-13-14-15-19-22-24(28-29-30(25,26)27)23-20-17-16-18-21-23/h16-18,20-21,24H,2-15,19,22H2,1H3,(H2,25,26,27). The summed E-state index contributed by atoms with van der Waals surface area (Å²) in [6.07, 6.45) is 19.8. The molecule has 0 spiro atoms. The number of phosphoric acid groups is 1. The molecule has 1 aromatic carbocycles. The van der Waals surface area contributed by atoms with Crippen LogP contribution in [0.4, 0.5) is 0 Å². The Morgan fingerprint density at radius 1 is 0.733 bits per heavy atom. The number of benzene rings is 1. The lowest BCUT2D eigenvalue weighted by molar-refractivity contribution is -0.262. The average molecular weight is 443 g/mol. The third-order valence-corrected chi connectivity index (χ3v) is 5.78. The predicted octanol–water partition coefficient (Wildman–Crippen LogP) is 8.03. The van der Waals surface area contributed by atoms with E-state index in [4.69, 9.17) is 14.7 Å². The van der Waals surface area contributed by atoms with Gasteiger partial charge in [-0.1, -0.05) is 134 Å². The van der Waals surface area contributed by atoms with E-state index in [0.29, 0.717) is 6.42 Å². The lowest BCUT2D eigenvalue weighted by Crippen LogP contribution is -2.05. The topological polar surface area (TPSA) is 76.0 Å². The molecule has 0 fully saturated rings. The summed E-state index contributed by atoms with van der Waals surface area (Å²) >= 11 is 0. The van der Waals surface area contributed by atoms with Gasteiger partial charge < -0.3 is 9.79 Å². The Balaban J connectivity index is 2.02. The molecule has 0 bridgehead atoms. The van der Waals surface area contributed by atoms with Crippen LogP contribution in [0, 0.1) is 0 Å². The molecule has 30 heavy (non-hydrogen) atoms. The van der Waals surface area contributed by atoms with Crippen molar-refractivity contribution in [3.8, 4) is 0 Å². The van der Waals surface area contributed by atoms with Crippen molar-refractivity contribution in [2.45, 2.75) is 116 Å². The highest BCUT2D eigenvalue weighted by Gasteiger charge is 2.21. The molecule has 0 saturated carbocycles. The number of rotatable bonds is 20. The third-order valence-electron chi connectivity index (χ3n) is 5.50. The van der Waals surface area contributed by atoms with Gasteiger partial charge in [0.2, 0.25) is 0 Å². The summed E-state index contributed by atoms with van der Waals surface area (Å²) in [5.41, 5.74) is 0.872. The maximum atomic E-state index is 10.9. The molecule has 2 N–H and O–H groups in total. The van der Waals surface area contributed by atoms with Gasteiger partial charge in [0.15, 0.2) is 0 Å². The molecule has 1 unspecified atom stereocenters. The van der Waals surface area contributed by atoms with Crippen molar-refractivity contribution in [2.75, 3.05) is 0 Å². The molecule has 1 aromatic rings. The van der Waals surface area contributed by atoms with Crippen LogP contribution in [0.1, 0.15) is 121 Å². The molecule has 6 heteroatoms. The van der Waals surface area contributed by atoms with Crippen LogP contribution in [0.15, 0.2) is 30.3 Å². The molecule has 174 valence electrons. The Labute approximate surface area is 183 Å². The van der Waals surface area contributed by atoms with E-state index in [9.17, 15) is 4.57 Å². The predicted molar refractivity (Wildman–Crippen MR) is 123 cm³/mol. The zero-order valence-corrected chi connectivity index (χ0v) is 19.7. The zero-order valence-electron chi connectivity index (χ0n) is 18.8. The van der Waals surface area contributed by atoms with Crippen LogP contribution in [0.5, 0.6) is 0 Å².